The van der Waals surface area contributed by atoms with Crippen LogP contribution in [-0.4, -0.2) is 17.2 Å². The molecule has 0 spiro atoms. The molecule has 1 aliphatic carbocycles. The molecule has 2 nitrogen and oxygen atoms in total. The van der Waals surface area contributed by atoms with Gasteiger partial charge in [-0.25, -0.2) is 0 Å². The first-order valence-corrected chi connectivity index (χ1v) is 6.61. The molecule has 1 aromatic carbocycles. The number of hydrogen-bond donors (Lipinski definition) is 1. The van der Waals surface area contributed by atoms with Gasteiger partial charge in [0, 0.05) is 16.2 Å². The van der Waals surface area contributed by atoms with Crippen LogP contribution in [-0.2, 0) is 0 Å². The maximum Gasteiger partial charge on any atom is 0.252 e. The highest BCUT2D eigenvalue weighted by atomic mass is 32.2. The van der Waals surface area contributed by atoms with E-state index >= 15 is 0 Å². The standard InChI is InChI=1S/C13H17NOS/c1-9(2)16-12-6-4-3-5-11(12)13(15)14-10-7-8-10/h3-6,9-10H,7-8H2,1-2H3,(H,14,15). The Bertz CT molecular complexity index is 385. The highest BCUT2D eigenvalue weighted by molar-refractivity contribution is 8.00. The number of hydrogen-bond acceptors (Lipinski definition) is 2. The molecule has 0 unspecified atom stereocenters. The van der Waals surface area contributed by atoms with Crippen molar-refractivity contribution in [2.45, 2.75) is 42.9 Å². The van der Waals surface area contributed by atoms with Crippen LogP contribution in [0.25, 0.3) is 0 Å². The lowest BCUT2D eigenvalue weighted by molar-refractivity contribution is 0.0948. The van der Waals surface area contributed by atoms with E-state index in [1.807, 2.05) is 24.3 Å². The molecule has 0 heterocycles. The quantitative estimate of drug-likeness (QED) is 0.813. The van der Waals surface area contributed by atoms with Crippen LogP contribution in [0.2, 0.25) is 0 Å². The normalized spacial score (nSPS) is 15.2. The molecule has 2 rings (SSSR count). The monoisotopic (exact) mass is 235 g/mol. The summed E-state index contributed by atoms with van der Waals surface area (Å²) in [5.41, 5.74) is 0.813. The third kappa shape index (κ3) is 3.01. The predicted molar refractivity (Wildman–Crippen MR) is 67.9 cm³/mol. The summed E-state index contributed by atoms with van der Waals surface area (Å²) in [5, 5.41) is 3.53. The molecule has 1 aliphatic rings. The van der Waals surface area contributed by atoms with Gasteiger partial charge >= 0.3 is 0 Å². The molecule has 1 N–H and O–H groups in total. The van der Waals surface area contributed by atoms with Gasteiger partial charge in [-0.15, -0.1) is 11.8 Å². The van der Waals surface area contributed by atoms with E-state index in [0.717, 1.165) is 23.3 Å². The number of rotatable bonds is 4. The number of benzene rings is 1. The Hall–Kier alpha value is -0.960. The van der Waals surface area contributed by atoms with Crippen LogP contribution in [0.15, 0.2) is 29.2 Å². The second kappa shape index (κ2) is 4.91. The first-order chi connectivity index (χ1) is 7.66. The summed E-state index contributed by atoms with van der Waals surface area (Å²) in [5.74, 6) is 0.0752. The maximum atomic E-state index is 12.0. The maximum absolute atomic E-state index is 12.0. The summed E-state index contributed by atoms with van der Waals surface area (Å²) in [6.07, 6.45) is 2.26. The van der Waals surface area contributed by atoms with Gasteiger partial charge in [0.15, 0.2) is 0 Å². The van der Waals surface area contributed by atoms with E-state index in [1.165, 1.54) is 0 Å². The van der Waals surface area contributed by atoms with Crippen LogP contribution in [0, 0.1) is 0 Å². The average Bonchev–Trinajstić information content (AvgIpc) is 3.01. The van der Waals surface area contributed by atoms with E-state index in [4.69, 9.17) is 0 Å². The fourth-order valence-corrected chi connectivity index (χ4v) is 2.45. The summed E-state index contributed by atoms with van der Waals surface area (Å²) in [4.78, 5) is 13.1. The van der Waals surface area contributed by atoms with Gasteiger partial charge in [-0.2, -0.15) is 0 Å². The van der Waals surface area contributed by atoms with Crippen molar-refractivity contribution in [2.75, 3.05) is 0 Å². The molecule has 0 bridgehead atoms. The zero-order valence-corrected chi connectivity index (χ0v) is 10.5. The topological polar surface area (TPSA) is 29.1 Å². The Morgan fingerprint density at radius 1 is 1.38 bits per heavy atom. The van der Waals surface area contributed by atoms with Crippen LogP contribution in [0.4, 0.5) is 0 Å². The molecule has 0 aromatic heterocycles. The third-order valence-corrected chi connectivity index (χ3v) is 3.49. The van der Waals surface area contributed by atoms with Crippen molar-refractivity contribution in [2.24, 2.45) is 0 Å². The smallest absolute Gasteiger partial charge is 0.252 e. The Morgan fingerprint density at radius 3 is 2.69 bits per heavy atom. The van der Waals surface area contributed by atoms with Crippen molar-refractivity contribution >= 4 is 17.7 Å². The molecular formula is C13H17NOS. The van der Waals surface area contributed by atoms with Gasteiger partial charge in [-0.1, -0.05) is 26.0 Å². The van der Waals surface area contributed by atoms with E-state index in [1.54, 1.807) is 11.8 Å². The minimum absolute atomic E-state index is 0.0752. The largest absolute Gasteiger partial charge is 0.349 e. The minimum atomic E-state index is 0.0752. The summed E-state index contributed by atoms with van der Waals surface area (Å²) in [7, 11) is 0. The fraction of sp³-hybridized carbons (Fsp3) is 0.462. The zero-order valence-electron chi connectivity index (χ0n) is 9.69. The van der Waals surface area contributed by atoms with E-state index in [9.17, 15) is 4.79 Å². The molecule has 16 heavy (non-hydrogen) atoms. The Balaban J connectivity index is 2.13. The Morgan fingerprint density at radius 2 is 2.06 bits per heavy atom. The van der Waals surface area contributed by atoms with Crippen LogP contribution >= 0.6 is 11.8 Å². The second-order valence-electron chi connectivity index (χ2n) is 4.41. The highest BCUT2D eigenvalue weighted by Crippen LogP contribution is 2.27. The zero-order chi connectivity index (χ0) is 11.5. The molecule has 86 valence electrons. The minimum Gasteiger partial charge on any atom is -0.349 e. The van der Waals surface area contributed by atoms with Crippen molar-refractivity contribution in [1.82, 2.24) is 5.32 Å². The van der Waals surface area contributed by atoms with Crippen molar-refractivity contribution in [3.63, 3.8) is 0 Å². The number of carbonyl (C=O) groups is 1. The van der Waals surface area contributed by atoms with Crippen LogP contribution in [0.5, 0.6) is 0 Å². The SMILES string of the molecule is CC(C)Sc1ccccc1C(=O)NC1CC1. The van der Waals surface area contributed by atoms with Gasteiger partial charge in [-0.05, 0) is 25.0 Å². The molecule has 0 saturated heterocycles. The molecule has 0 aliphatic heterocycles. The molecular weight excluding hydrogens is 218 g/mol. The van der Waals surface area contributed by atoms with Gasteiger partial charge in [0.25, 0.3) is 5.91 Å². The number of carbonyl (C=O) groups excluding carboxylic acids is 1. The Labute approximate surface area is 101 Å². The molecule has 0 radical (unpaired) electrons. The molecule has 1 aromatic rings. The fourth-order valence-electron chi connectivity index (χ4n) is 1.50. The van der Waals surface area contributed by atoms with Gasteiger partial charge < -0.3 is 5.32 Å². The lowest BCUT2D eigenvalue weighted by Gasteiger charge is -2.10. The lowest BCUT2D eigenvalue weighted by Crippen LogP contribution is -2.25. The first-order valence-electron chi connectivity index (χ1n) is 5.73. The summed E-state index contributed by atoms with van der Waals surface area (Å²) < 4.78 is 0. The van der Waals surface area contributed by atoms with Crippen molar-refractivity contribution in [3.05, 3.63) is 29.8 Å². The molecule has 1 amide bonds. The molecule has 0 atom stereocenters. The molecule has 1 fully saturated rings. The average molecular weight is 235 g/mol. The van der Waals surface area contributed by atoms with Crippen molar-refractivity contribution < 1.29 is 4.79 Å². The van der Waals surface area contributed by atoms with Gasteiger partial charge in [-0.3, -0.25) is 4.79 Å². The van der Waals surface area contributed by atoms with Gasteiger partial charge in [0.2, 0.25) is 0 Å². The van der Waals surface area contributed by atoms with Gasteiger partial charge in [0.05, 0.1) is 5.56 Å². The second-order valence-corrected chi connectivity index (χ2v) is 6.03. The lowest BCUT2D eigenvalue weighted by atomic mass is 10.2. The number of nitrogens with one attached hydrogen (secondary N) is 1. The van der Waals surface area contributed by atoms with Crippen LogP contribution < -0.4 is 5.32 Å². The van der Waals surface area contributed by atoms with Crippen LogP contribution in [0.1, 0.15) is 37.0 Å². The number of thioether (sulfide) groups is 1. The van der Waals surface area contributed by atoms with Crippen molar-refractivity contribution in [1.29, 1.82) is 0 Å². The van der Waals surface area contributed by atoms with E-state index in [-0.39, 0.29) is 5.91 Å². The van der Waals surface area contributed by atoms with Crippen LogP contribution in [0.3, 0.4) is 0 Å². The molecule has 1 saturated carbocycles. The van der Waals surface area contributed by atoms with E-state index in [0.29, 0.717) is 11.3 Å². The third-order valence-electron chi connectivity index (χ3n) is 2.41. The Kier molecular flexibility index (Phi) is 3.54. The van der Waals surface area contributed by atoms with Crippen molar-refractivity contribution in [3.8, 4) is 0 Å². The number of amides is 1. The highest BCUT2D eigenvalue weighted by Gasteiger charge is 2.24. The van der Waals surface area contributed by atoms with E-state index in [2.05, 4.69) is 19.2 Å². The first kappa shape index (κ1) is 11.5. The summed E-state index contributed by atoms with van der Waals surface area (Å²) in [6, 6.07) is 8.25. The van der Waals surface area contributed by atoms with Gasteiger partial charge in [0.1, 0.15) is 0 Å². The summed E-state index contributed by atoms with van der Waals surface area (Å²) >= 11 is 1.74. The predicted octanol–water partition coefficient (Wildman–Crippen LogP) is 3.08. The van der Waals surface area contributed by atoms with E-state index < -0.39 is 0 Å². The molecule has 3 heteroatoms. The summed E-state index contributed by atoms with van der Waals surface area (Å²) in [6.45, 7) is 4.28.